The topological polar surface area (TPSA) is 69.6 Å². The summed E-state index contributed by atoms with van der Waals surface area (Å²) in [6.07, 6.45) is 1.15. The van der Waals surface area contributed by atoms with Crippen molar-refractivity contribution in [1.82, 2.24) is 25.0 Å². The lowest BCUT2D eigenvalue weighted by atomic mass is 10.1. The number of rotatable bonds is 3. The Labute approximate surface area is 134 Å². The lowest BCUT2D eigenvalue weighted by Crippen LogP contribution is -1.98. The van der Waals surface area contributed by atoms with E-state index in [2.05, 4.69) is 20.3 Å². The van der Waals surface area contributed by atoms with Gasteiger partial charge < -0.3 is 4.42 Å². The molecule has 1 aromatic carbocycles. The number of hydrogen-bond acceptors (Lipinski definition) is 5. The highest BCUT2D eigenvalue weighted by Crippen LogP contribution is 2.24. The minimum Gasteiger partial charge on any atom is -0.413 e. The van der Waals surface area contributed by atoms with Gasteiger partial charge in [-0.05, 0) is 31.2 Å². The van der Waals surface area contributed by atoms with Crippen LogP contribution in [-0.4, -0.2) is 25.0 Å². The molecule has 3 aromatic heterocycles. The fraction of sp³-hybridized carbons (Fsp3) is 0.125. The monoisotopic (exact) mass is 327 g/mol. The molecule has 0 unspecified atom stereocenters. The molecule has 0 spiro atoms. The average molecular weight is 327 g/mol. The van der Waals surface area contributed by atoms with E-state index in [1.165, 1.54) is 6.07 Å². The maximum Gasteiger partial charge on any atom is 0.333 e. The Kier molecular flexibility index (Phi) is 3.30. The summed E-state index contributed by atoms with van der Waals surface area (Å²) in [7, 11) is 0. The van der Waals surface area contributed by atoms with Gasteiger partial charge in [-0.1, -0.05) is 17.7 Å². The fourth-order valence-electron chi connectivity index (χ4n) is 2.36. The van der Waals surface area contributed by atoms with Crippen LogP contribution in [0.5, 0.6) is 0 Å². The molecule has 0 N–H and O–H groups in total. The molecule has 0 saturated heterocycles. The maximum absolute atomic E-state index is 12.6. The zero-order valence-electron chi connectivity index (χ0n) is 12.5. The summed E-state index contributed by atoms with van der Waals surface area (Å²) in [6, 6.07) is 11.0. The number of hydrogen-bond donors (Lipinski definition) is 0. The fourth-order valence-corrected chi connectivity index (χ4v) is 2.36. The molecule has 0 aliphatic heterocycles. The molecule has 0 aliphatic carbocycles. The molecule has 0 aliphatic rings. The average Bonchev–Trinajstić information content (AvgIpc) is 3.23. The van der Waals surface area contributed by atoms with Gasteiger partial charge in [0.2, 0.25) is 0 Å². The second-order valence-electron chi connectivity index (χ2n) is 5.26. The number of aromatic nitrogens is 5. The molecule has 4 aromatic rings. The zero-order chi connectivity index (χ0) is 16.7. The summed E-state index contributed by atoms with van der Waals surface area (Å²) in [5.41, 5.74) is 2.65. The summed E-state index contributed by atoms with van der Waals surface area (Å²) < 4.78 is 31.2. The number of aryl methyl sites for hydroxylation is 1. The van der Waals surface area contributed by atoms with Crippen molar-refractivity contribution in [3.63, 3.8) is 0 Å². The first-order chi connectivity index (χ1) is 11.6. The molecule has 6 nitrogen and oxygen atoms in total. The Hall–Kier alpha value is -3.16. The molecule has 0 bridgehead atoms. The second kappa shape index (κ2) is 5.48. The van der Waals surface area contributed by atoms with Crippen LogP contribution in [0, 0.1) is 6.92 Å². The standard InChI is InChI=1S/C16H11F2N5O/c1-9-2-4-11-10(8-9)3-5-12(19-11)14-20-21-15(24-14)13-6-7-23(22-13)16(17)18/h2-8,16H,1H3. The smallest absolute Gasteiger partial charge is 0.333 e. The van der Waals surface area contributed by atoms with E-state index < -0.39 is 6.55 Å². The summed E-state index contributed by atoms with van der Waals surface area (Å²) >= 11 is 0. The van der Waals surface area contributed by atoms with Crippen molar-refractivity contribution in [3.05, 3.63) is 48.2 Å². The molecule has 3 heterocycles. The van der Waals surface area contributed by atoms with Crippen LogP contribution in [0.1, 0.15) is 12.1 Å². The number of nitrogens with zero attached hydrogens (tertiary/aromatic N) is 5. The molecular formula is C16H11F2N5O. The quantitative estimate of drug-likeness (QED) is 0.571. The highest BCUT2D eigenvalue weighted by Gasteiger charge is 2.16. The van der Waals surface area contributed by atoms with E-state index >= 15 is 0 Å². The van der Waals surface area contributed by atoms with Crippen molar-refractivity contribution in [1.29, 1.82) is 0 Å². The lowest BCUT2D eigenvalue weighted by molar-refractivity contribution is 0.0568. The zero-order valence-corrected chi connectivity index (χ0v) is 12.5. The third-order valence-electron chi connectivity index (χ3n) is 3.52. The number of halogens is 2. The number of fused-ring (bicyclic) bond motifs is 1. The van der Waals surface area contributed by atoms with E-state index in [1.54, 1.807) is 6.07 Å². The molecule has 24 heavy (non-hydrogen) atoms. The van der Waals surface area contributed by atoms with E-state index in [0.717, 1.165) is 22.7 Å². The maximum atomic E-state index is 12.6. The molecule has 0 fully saturated rings. The first-order valence-corrected chi connectivity index (χ1v) is 7.15. The van der Waals surface area contributed by atoms with E-state index in [4.69, 9.17) is 4.42 Å². The van der Waals surface area contributed by atoms with Crippen molar-refractivity contribution in [2.24, 2.45) is 0 Å². The second-order valence-corrected chi connectivity index (χ2v) is 5.26. The van der Waals surface area contributed by atoms with Crippen LogP contribution in [0.25, 0.3) is 34.1 Å². The number of alkyl halides is 2. The predicted octanol–water partition coefficient (Wildman–Crippen LogP) is 3.85. The lowest BCUT2D eigenvalue weighted by Gasteiger charge is -2.00. The van der Waals surface area contributed by atoms with Gasteiger partial charge in [0.15, 0.2) is 0 Å². The van der Waals surface area contributed by atoms with Crippen LogP contribution in [0.3, 0.4) is 0 Å². The number of pyridine rings is 1. The minimum absolute atomic E-state index is 0.0650. The van der Waals surface area contributed by atoms with Crippen LogP contribution in [-0.2, 0) is 0 Å². The molecule has 0 atom stereocenters. The van der Waals surface area contributed by atoms with Gasteiger partial charge in [0.05, 0.1) is 5.52 Å². The van der Waals surface area contributed by atoms with Crippen LogP contribution >= 0.6 is 0 Å². The molecule has 0 radical (unpaired) electrons. The Morgan fingerprint density at radius 3 is 2.54 bits per heavy atom. The van der Waals surface area contributed by atoms with Crippen LogP contribution in [0.2, 0.25) is 0 Å². The van der Waals surface area contributed by atoms with E-state index in [0.29, 0.717) is 10.4 Å². The first-order valence-electron chi connectivity index (χ1n) is 7.15. The van der Waals surface area contributed by atoms with Gasteiger partial charge in [-0.25, -0.2) is 9.67 Å². The van der Waals surface area contributed by atoms with Crippen molar-refractivity contribution < 1.29 is 13.2 Å². The molecular weight excluding hydrogens is 316 g/mol. The highest BCUT2D eigenvalue weighted by molar-refractivity contribution is 5.81. The van der Waals surface area contributed by atoms with Crippen molar-refractivity contribution in [2.75, 3.05) is 0 Å². The van der Waals surface area contributed by atoms with Crippen LogP contribution in [0.4, 0.5) is 8.78 Å². The van der Waals surface area contributed by atoms with Gasteiger partial charge in [0.1, 0.15) is 11.4 Å². The molecule has 120 valence electrons. The van der Waals surface area contributed by atoms with Gasteiger partial charge in [-0.15, -0.1) is 10.2 Å². The first kappa shape index (κ1) is 14.4. The molecule has 0 saturated carbocycles. The Morgan fingerprint density at radius 2 is 1.79 bits per heavy atom. The molecule has 0 amide bonds. The van der Waals surface area contributed by atoms with Gasteiger partial charge in [0.25, 0.3) is 11.8 Å². The van der Waals surface area contributed by atoms with Crippen molar-refractivity contribution >= 4 is 10.9 Å². The number of benzene rings is 1. The highest BCUT2D eigenvalue weighted by atomic mass is 19.3. The molecule has 8 heteroatoms. The Morgan fingerprint density at radius 1 is 1.00 bits per heavy atom. The van der Waals surface area contributed by atoms with Crippen molar-refractivity contribution in [2.45, 2.75) is 13.5 Å². The van der Waals surface area contributed by atoms with Crippen molar-refractivity contribution in [3.8, 4) is 23.2 Å². The third kappa shape index (κ3) is 2.51. The van der Waals surface area contributed by atoms with E-state index in [-0.39, 0.29) is 17.5 Å². The SMILES string of the molecule is Cc1ccc2nc(-c3nnc(-c4ccn(C(F)F)n4)o3)ccc2c1. The van der Waals surface area contributed by atoms with Crippen LogP contribution in [0.15, 0.2) is 47.0 Å². The van der Waals surface area contributed by atoms with Crippen LogP contribution < -0.4 is 0 Å². The van der Waals surface area contributed by atoms with Gasteiger partial charge in [-0.3, -0.25) is 0 Å². The van der Waals surface area contributed by atoms with E-state index in [9.17, 15) is 8.78 Å². The Bertz CT molecular complexity index is 1020. The summed E-state index contributed by atoms with van der Waals surface area (Å²) in [4.78, 5) is 4.49. The van der Waals surface area contributed by atoms with Gasteiger partial charge >= 0.3 is 6.55 Å². The summed E-state index contributed by atoms with van der Waals surface area (Å²) in [5, 5.41) is 12.5. The predicted molar refractivity (Wildman–Crippen MR) is 82.2 cm³/mol. The minimum atomic E-state index is -2.72. The van der Waals surface area contributed by atoms with Gasteiger partial charge in [0, 0.05) is 11.6 Å². The van der Waals surface area contributed by atoms with Gasteiger partial charge in [-0.2, -0.15) is 13.9 Å². The summed E-state index contributed by atoms with van der Waals surface area (Å²) in [6.45, 7) is -0.706. The van der Waals surface area contributed by atoms with E-state index in [1.807, 2.05) is 31.2 Å². The molecule has 4 rings (SSSR count). The largest absolute Gasteiger partial charge is 0.413 e. The summed E-state index contributed by atoms with van der Waals surface area (Å²) in [5.74, 6) is 0.272. The third-order valence-corrected chi connectivity index (χ3v) is 3.52. The normalized spacial score (nSPS) is 11.5. The Balaban J connectivity index is 1.70.